The van der Waals surface area contributed by atoms with Crippen LogP contribution in [0.4, 0.5) is 5.69 Å². The van der Waals surface area contributed by atoms with Crippen molar-refractivity contribution in [1.82, 2.24) is 9.29 Å². The number of halogens is 1. The van der Waals surface area contributed by atoms with Crippen LogP contribution in [-0.4, -0.2) is 36.7 Å². The number of hydrogen-bond donors (Lipinski definition) is 1. The highest BCUT2D eigenvalue weighted by Crippen LogP contribution is 2.27. The first kappa shape index (κ1) is 20.1. The quantitative estimate of drug-likeness (QED) is 0.731. The molecular weight excluding hydrogens is 374 g/mol. The molecule has 1 heterocycles. The lowest BCUT2D eigenvalue weighted by atomic mass is 10.2. The van der Waals surface area contributed by atoms with Crippen molar-refractivity contribution in [3.05, 3.63) is 59.4 Å². The molecular formula is C18H20ClN3O3S. The van der Waals surface area contributed by atoms with Crippen LogP contribution < -0.4 is 5.32 Å². The highest BCUT2D eigenvalue weighted by atomic mass is 35.5. The molecule has 26 heavy (non-hydrogen) atoms. The smallest absolute Gasteiger partial charge is 0.248 e. The number of sulfonamides is 1. The molecule has 1 aromatic heterocycles. The summed E-state index contributed by atoms with van der Waals surface area (Å²) in [7, 11) is -3.72. The summed E-state index contributed by atoms with van der Waals surface area (Å²) in [6, 6.07) is 7.96. The Hall–Kier alpha value is -2.22. The number of benzene rings is 1. The van der Waals surface area contributed by atoms with Crippen molar-refractivity contribution in [3.63, 3.8) is 0 Å². The van der Waals surface area contributed by atoms with Gasteiger partial charge in [-0.25, -0.2) is 8.42 Å². The molecule has 0 spiro atoms. The minimum Gasteiger partial charge on any atom is -0.322 e. The fraction of sp³-hybridized carbons (Fsp3) is 0.222. The Labute approximate surface area is 158 Å². The van der Waals surface area contributed by atoms with Crippen LogP contribution in [0.25, 0.3) is 6.08 Å². The molecule has 0 saturated carbocycles. The largest absolute Gasteiger partial charge is 0.322 e. The zero-order valence-electron chi connectivity index (χ0n) is 14.5. The van der Waals surface area contributed by atoms with Crippen LogP contribution in [0.1, 0.15) is 19.4 Å². The first-order valence-corrected chi connectivity index (χ1v) is 9.89. The van der Waals surface area contributed by atoms with E-state index in [1.807, 2.05) is 6.07 Å². The lowest BCUT2D eigenvalue weighted by molar-refractivity contribution is -0.111. The van der Waals surface area contributed by atoms with Gasteiger partial charge in [-0.2, -0.15) is 4.31 Å². The van der Waals surface area contributed by atoms with Crippen LogP contribution >= 0.6 is 11.6 Å². The van der Waals surface area contributed by atoms with E-state index < -0.39 is 10.0 Å². The molecule has 0 aliphatic carbocycles. The van der Waals surface area contributed by atoms with Gasteiger partial charge in [0.1, 0.15) is 4.90 Å². The van der Waals surface area contributed by atoms with Crippen molar-refractivity contribution in [3.8, 4) is 0 Å². The predicted molar refractivity (Wildman–Crippen MR) is 103 cm³/mol. The Morgan fingerprint density at radius 2 is 2.00 bits per heavy atom. The maximum atomic E-state index is 12.7. The molecule has 0 atom stereocenters. The molecule has 6 nitrogen and oxygen atoms in total. The molecule has 0 radical (unpaired) electrons. The van der Waals surface area contributed by atoms with Gasteiger partial charge in [-0.3, -0.25) is 9.78 Å². The standard InChI is InChI=1S/C18H20ClN3O3S/c1-3-22(4-2)26(24,25)17-12-15(8-9-16(17)19)21-18(23)10-7-14-6-5-11-20-13-14/h5-13H,3-4H2,1-2H3,(H,21,23). The number of anilines is 1. The zero-order chi connectivity index (χ0) is 19.2. The van der Waals surface area contributed by atoms with E-state index >= 15 is 0 Å². The van der Waals surface area contributed by atoms with Gasteiger partial charge in [0, 0.05) is 37.2 Å². The predicted octanol–water partition coefficient (Wildman–Crippen LogP) is 3.42. The van der Waals surface area contributed by atoms with Gasteiger partial charge in [-0.1, -0.05) is 31.5 Å². The maximum Gasteiger partial charge on any atom is 0.248 e. The molecule has 0 unspecified atom stereocenters. The van der Waals surface area contributed by atoms with Gasteiger partial charge in [0.25, 0.3) is 0 Å². The van der Waals surface area contributed by atoms with Crippen LogP contribution in [0, 0.1) is 0 Å². The monoisotopic (exact) mass is 393 g/mol. The third kappa shape index (κ3) is 4.91. The summed E-state index contributed by atoms with van der Waals surface area (Å²) in [6.07, 6.45) is 6.24. The van der Waals surface area contributed by atoms with E-state index in [0.29, 0.717) is 18.8 Å². The summed E-state index contributed by atoms with van der Waals surface area (Å²) in [5.74, 6) is -0.387. The van der Waals surface area contributed by atoms with Gasteiger partial charge in [-0.05, 0) is 35.9 Å². The third-order valence-corrected chi connectivity index (χ3v) is 6.17. The fourth-order valence-corrected chi connectivity index (χ4v) is 4.27. The summed E-state index contributed by atoms with van der Waals surface area (Å²) in [5, 5.41) is 2.75. The third-order valence-electron chi connectivity index (χ3n) is 3.63. The summed E-state index contributed by atoms with van der Waals surface area (Å²) in [4.78, 5) is 16.0. The molecule has 8 heteroatoms. The Balaban J connectivity index is 2.21. The van der Waals surface area contributed by atoms with Gasteiger partial charge in [0.2, 0.25) is 15.9 Å². The normalized spacial score (nSPS) is 11.8. The van der Waals surface area contributed by atoms with Crippen molar-refractivity contribution < 1.29 is 13.2 Å². The van der Waals surface area contributed by atoms with Crippen LogP contribution in [0.15, 0.2) is 53.7 Å². The van der Waals surface area contributed by atoms with Crippen molar-refractivity contribution in [2.75, 3.05) is 18.4 Å². The number of aromatic nitrogens is 1. The Morgan fingerprint density at radius 1 is 1.27 bits per heavy atom. The molecule has 1 N–H and O–H groups in total. The molecule has 1 amide bonds. The SMILES string of the molecule is CCN(CC)S(=O)(=O)c1cc(NC(=O)C=Cc2cccnc2)ccc1Cl. The summed E-state index contributed by atoms with van der Waals surface area (Å²) in [6.45, 7) is 4.17. The number of nitrogens with zero attached hydrogens (tertiary/aromatic N) is 2. The number of carbonyl (C=O) groups excluding carboxylic acids is 1. The summed E-state index contributed by atoms with van der Waals surface area (Å²) >= 11 is 6.08. The van der Waals surface area contributed by atoms with Gasteiger partial charge < -0.3 is 5.32 Å². The first-order valence-electron chi connectivity index (χ1n) is 8.07. The number of nitrogens with one attached hydrogen (secondary N) is 1. The summed E-state index contributed by atoms with van der Waals surface area (Å²) < 4.78 is 26.7. The van der Waals surface area contributed by atoms with Gasteiger partial charge in [-0.15, -0.1) is 0 Å². The van der Waals surface area contributed by atoms with E-state index in [-0.39, 0.29) is 15.8 Å². The Bertz CT molecular complexity index is 895. The van der Waals surface area contributed by atoms with Crippen LogP contribution in [-0.2, 0) is 14.8 Å². The van der Waals surface area contributed by atoms with Gasteiger partial charge in [0.05, 0.1) is 5.02 Å². The minimum atomic E-state index is -3.72. The molecule has 0 bridgehead atoms. The topological polar surface area (TPSA) is 79.4 Å². The fourth-order valence-electron chi connectivity index (χ4n) is 2.31. The molecule has 138 valence electrons. The van der Waals surface area contributed by atoms with E-state index in [2.05, 4.69) is 10.3 Å². The lowest BCUT2D eigenvalue weighted by Gasteiger charge is -2.19. The first-order chi connectivity index (χ1) is 12.4. The van der Waals surface area contributed by atoms with E-state index in [9.17, 15) is 13.2 Å². The van der Waals surface area contributed by atoms with Gasteiger partial charge in [0.15, 0.2) is 0 Å². The van der Waals surface area contributed by atoms with Crippen molar-refractivity contribution in [1.29, 1.82) is 0 Å². The van der Waals surface area contributed by atoms with E-state index in [0.717, 1.165) is 5.56 Å². The number of pyridine rings is 1. The Morgan fingerprint density at radius 3 is 2.62 bits per heavy atom. The Kier molecular flexibility index (Phi) is 6.90. The number of rotatable bonds is 7. The van der Waals surface area contributed by atoms with Crippen molar-refractivity contribution in [2.45, 2.75) is 18.7 Å². The van der Waals surface area contributed by atoms with E-state index in [1.54, 1.807) is 44.4 Å². The number of carbonyl (C=O) groups is 1. The zero-order valence-corrected chi connectivity index (χ0v) is 16.1. The lowest BCUT2D eigenvalue weighted by Crippen LogP contribution is -2.30. The second-order valence-corrected chi connectivity index (χ2v) is 7.66. The molecule has 0 fully saturated rings. The number of hydrogen-bond acceptors (Lipinski definition) is 4. The minimum absolute atomic E-state index is 0.0306. The van der Waals surface area contributed by atoms with Crippen molar-refractivity contribution >= 4 is 39.3 Å². The van der Waals surface area contributed by atoms with E-state index in [4.69, 9.17) is 11.6 Å². The van der Waals surface area contributed by atoms with Crippen LogP contribution in [0.5, 0.6) is 0 Å². The molecule has 2 rings (SSSR count). The molecule has 1 aromatic carbocycles. The average molecular weight is 394 g/mol. The summed E-state index contributed by atoms with van der Waals surface area (Å²) in [5.41, 5.74) is 1.13. The molecule has 2 aromatic rings. The van der Waals surface area contributed by atoms with Crippen LogP contribution in [0.3, 0.4) is 0 Å². The maximum absolute atomic E-state index is 12.7. The van der Waals surface area contributed by atoms with E-state index in [1.165, 1.54) is 22.5 Å². The van der Waals surface area contributed by atoms with Gasteiger partial charge >= 0.3 is 0 Å². The second kappa shape index (κ2) is 8.93. The highest BCUT2D eigenvalue weighted by molar-refractivity contribution is 7.89. The second-order valence-electron chi connectivity index (χ2n) is 5.34. The number of amides is 1. The highest BCUT2D eigenvalue weighted by Gasteiger charge is 2.24. The van der Waals surface area contributed by atoms with Crippen LogP contribution in [0.2, 0.25) is 5.02 Å². The average Bonchev–Trinajstić information content (AvgIpc) is 2.63. The molecule has 0 aliphatic heterocycles. The molecule has 0 aliphatic rings. The molecule has 0 saturated heterocycles. The van der Waals surface area contributed by atoms with Crippen molar-refractivity contribution in [2.24, 2.45) is 0 Å².